The van der Waals surface area contributed by atoms with Crippen molar-refractivity contribution in [1.82, 2.24) is 10.6 Å². The summed E-state index contributed by atoms with van der Waals surface area (Å²) in [7, 11) is 0. The van der Waals surface area contributed by atoms with Crippen LogP contribution >= 0.6 is 11.6 Å². The maximum atomic E-state index is 12.0. The molecule has 3 N–H and O–H groups in total. The van der Waals surface area contributed by atoms with Crippen LogP contribution in [-0.2, 0) is 11.2 Å². The molecule has 3 rings (SSSR count). The van der Waals surface area contributed by atoms with Crippen LogP contribution in [0.2, 0.25) is 5.02 Å². The SMILES string of the molecule is CCNC(=NCC1CC(=O)Nc2ccccc21)NCCc1ccc(Cl)cc1. The third-order valence-electron chi connectivity index (χ3n) is 4.54. The van der Waals surface area contributed by atoms with E-state index in [1.54, 1.807) is 0 Å². The lowest BCUT2D eigenvalue weighted by molar-refractivity contribution is -0.116. The smallest absolute Gasteiger partial charge is 0.225 e. The second kappa shape index (κ2) is 9.42. The van der Waals surface area contributed by atoms with E-state index in [1.165, 1.54) is 5.56 Å². The Hall–Kier alpha value is -2.53. The Morgan fingerprint density at radius 1 is 1.19 bits per heavy atom. The molecule has 142 valence electrons. The molecule has 1 atom stereocenters. The number of nitrogens with one attached hydrogen (secondary N) is 3. The Kier molecular flexibility index (Phi) is 6.71. The number of rotatable bonds is 6. The van der Waals surface area contributed by atoms with Crippen molar-refractivity contribution in [3.05, 3.63) is 64.7 Å². The summed E-state index contributed by atoms with van der Waals surface area (Å²) in [5.41, 5.74) is 3.27. The monoisotopic (exact) mass is 384 g/mol. The summed E-state index contributed by atoms with van der Waals surface area (Å²) in [4.78, 5) is 16.7. The molecule has 5 nitrogen and oxygen atoms in total. The molecule has 0 saturated heterocycles. The van der Waals surface area contributed by atoms with Crippen LogP contribution in [0.25, 0.3) is 0 Å². The van der Waals surface area contributed by atoms with Crippen molar-refractivity contribution in [3.8, 4) is 0 Å². The predicted molar refractivity (Wildman–Crippen MR) is 112 cm³/mol. The molecule has 0 bridgehead atoms. The first-order valence-electron chi connectivity index (χ1n) is 9.31. The van der Waals surface area contributed by atoms with E-state index in [0.29, 0.717) is 13.0 Å². The van der Waals surface area contributed by atoms with Gasteiger partial charge >= 0.3 is 0 Å². The van der Waals surface area contributed by atoms with Crippen molar-refractivity contribution in [1.29, 1.82) is 0 Å². The number of nitrogens with zero attached hydrogens (tertiary/aromatic N) is 1. The summed E-state index contributed by atoms with van der Waals surface area (Å²) < 4.78 is 0. The Labute approximate surface area is 165 Å². The molecule has 6 heteroatoms. The van der Waals surface area contributed by atoms with Crippen molar-refractivity contribution in [2.75, 3.05) is 25.0 Å². The number of amides is 1. The molecule has 1 aliphatic rings. The van der Waals surface area contributed by atoms with Gasteiger partial charge in [0.15, 0.2) is 5.96 Å². The van der Waals surface area contributed by atoms with Gasteiger partial charge in [-0.05, 0) is 42.7 Å². The number of carbonyl (C=O) groups is 1. The van der Waals surface area contributed by atoms with Crippen LogP contribution in [0.3, 0.4) is 0 Å². The molecule has 0 aliphatic carbocycles. The Balaban J connectivity index is 1.60. The first kappa shape index (κ1) is 19.2. The lowest BCUT2D eigenvalue weighted by Gasteiger charge is -2.24. The third-order valence-corrected chi connectivity index (χ3v) is 4.79. The number of fused-ring (bicyclic) bond motifs is 1. The zero-order valence-electron chi connectivity index (χ0n) is 15.5. The van der Waals surface area contributed by atoms with Crippen molar-refractivity contribution >= 4 is 29.2 Å². The number of halogens is 1. The van der Waals surface area contributed by atoms with Crippen LogP contribution in [0.4, 0.5) is 5.69 Å². The van der Waals surface area contributed by atoms with Crippen LogP contribution in [0.5, 0.6) is 0 Å². The van der Waals surface area contributed by atoms with Gasteiger partial charge in [0.2, 0.25) is 5.91 Å². The highest BCUT2D eigenvalue weighted by Crippen LogP contribution is 2.31. The molecule has 2 aromatic rings. The molecule has 0 aromatic heterocycles. The number of benzene rings is 2. The summed E-state index contributed by atoms with van der Waals surface area (Å²) in [5, 5.41) is 10.3. The van der Waals surface area contributed by atoms with Crippen LogP contribution in [0, 0.1) is 0 Å². The van der Waals surface area contributed by atoms with Gasteiger partial charge in [0.1, 0.15) is 0 Å². The zero-order valence-corrected chi connectivity index (χ0v) is 16.2. The van der Waals surface area contributed by atoms with Crippen molar-refractivity contribution in [2.45, 2.75) is 25.7 Å². The van der Waals surface area contributed by atoms with Crippen LogP contribution in [0.15, 0.2) is 53.5 Å². The minimum absolute atomic E-state index is 0.0506. The van der Waals surface area contributed by atoms with Gasteiger partial charge in [0.25, 0.3) is 0 Å². The van der Waals surface area contributed by atoms with Gasteiger partial charge in [-0.25, -0.2) is 0 Å². The van der Waals surface area contributed by atoms with Gasteiger partial charge in [0, 0.05) is 36.1 Å². The van der Waals surface area contributed by atoms with Gasteiger partial charge in [-0.2, -0.15) is 0 Å². The van der Waals surface area contributed by atoms with E-state index in [9.17, 15) is 4.79 Å². The second-order valence-electron chi connectivity index (χ2n) is 6.56. The van der Waals surface area contributed by atoms with Gasteiger partial charge < -0.3 is 16.0 Å². The number of para-hydroxylation sites is 1. The van der Waals surface area contributed by atoms with E-state index in [4.69, 9.17) is 16.6 Å². The quantitative estimate of drug-likeness (QED) is 0.527. The number of anilines is 1. The van der Waals surface area contributed by atoms with Gasteiger partial charge in [-0.1, -0.05) is 41.9 Å². The zero-order chi connectivity index (χ0) is 19.1. The fourth-order valence-electron chi connectivity index (χ4n) is 3.18. The first-order chi connectivity index (χ1) is 13.2. The lowest BCUT2D eigenvalue weighted by Crippen LogP contribution is -2.38. The van der Waals surface area contributed by atoms with E-state index >= 15 is 0 Å². The molecule has 0 spiro atoms. The molecule has 1 aliphatic heterocycles. The lowest BCUT2D eigenvalue weighted by atomic mass is 9.91. The molecule has 2 aromatic carbocycles. The fraction of sp³-hybridized carbons (Fsp3) is 0.333. The van der Waals surface area contributed by atoms with E-state index < -0.39 is 0 Å². The molecule has 1 heterocycles. The largest absolute Gasteiger partial charge is 0.357 e. The highest BCUT2D eigenvalue weighted by molar-refractivity contribution is 6.30. The van der Waals surface area contributed by atoms with Gasteiger partial charge in [-0.15, -0.1) is 0 Å². The van der Waals surface area contributed by atoms with Crippen molar-refractivity contribution < 1.29 is 4.79 Å². The average molecular weight is 385 g/mol. The maximum Gasteiger partial charge on any atom is 0.225 e. The fourth-order valence-corrected chi connectivity index (χ4v) is 3.31. The van der Waals surface area contributed by atoms with Crippen LogP contribution in [0.1, 0.15) is 30.4 Å². The predicted octanol–water partition coefficient (Wildman–Crippen LogP) is 3.56. The highest BCUT2D eigenvalue weighted by atomic mass is 35.5. The number of carbonyl (C=O) groups excluding carboxylic acids is 1. The first-order valence-corrected chi connectivity index (χ1v) is 9.69. The Morgan fingerprint density at radius 2 is 1.96 bits per heavy atom. The summed E-state index contributed by atoms with van der Waals surface area (Å²) in [5.74, 6) is 0.922. The molecular formula is C21H25ClN4O. The topological polar surface area (TPSA) is 65.5 Å². The molecular weight excluding hydrogens is 360 g/mol. The molecule has 0 radical (unpaired) electrons. The minimum atomic E-state index is 0.0506. The number of guanidine groups is 1. The molecule has 27 heavy (non-hydrogen) atoms. The standard InChI is InChI=1S/C21H25ClN4O/c1-2-23-21(24-12-11-15-7-9-17(22)10-8-15)25-14-16-13-20(27)26-19-6-4-3-5-18(16)19/h3-10,16H,2,11-14H2,1H3,(H,26,27)(H2,23,24,25). The van der Waals surface area contributed by atoms with E-state index in [0.717, 1.165) is 41.7 Å². The number of hydrogen-bond acceptors (Lipinski definition) is 2. The Bertz CT molecular complexity index is 804. The van der Waals surface area contributed by atoms with Crippen molar-refractivity contribution in [3.63, 3.8) is 0 Å². The maximum absolute atomic E-state index is 12.0. The van der Waals surface area contributed by atoms with Crippen LogP contribution < -0.4 is 16.0 Å². The van der Waals surface area contributed by atoms with E-state index in [1.807, 2.05) is 49.4 Å². The average Bonchev–Trinajstić information content (AvgIpc) is 2.67. The Morgan fingerprint density at radius 3 is 2.74 bits per heavy atom. The summed E-state index contributed by atoms with van der Waals surface area (Å²) in [6.07, 6.45) is 1.35. The van der Waals surface area contributed by atoms with Gasteiger partial charge in [0.05, 0.1) is 6.54 Å². The molecule has 0 fully saturated rings. The third kappa shape index (κ3) is 5.47. The summed E-state index contributed by atoms with van der Waals surface area (Å²) in [6.45, 7) is 4.17. The van der Waals surface area contributed by atoms with Crippen LogP contribution in [-0.4, -0.2) is 31.5 Å². The van der Waals surface area contributed by atoms with Gasteiger partial charge in [-0.3, -0.25) is 9.79 Å². The minimum Gasteiger partial charge on any atom is -0.357 e. The van der Waals surface area contributed by atoms with E-state index in [-0.39, 0.29) is 11.8 Å². The number of hydrogen-bond donors (Lipinski definition) is 3. The number of aliphatic imine (C=N–C) groups is 1. The van der Waals surface area contributed by atoms with E-state index in [2.05, 4.69) is 22.0 Å². The molecule has 1 unspecified atom stereocenters. The summed E-state index contributed by atoms with van der Waals surface area (Å²) in [6, 6.07) is 15.8. The normalized spacial score (nSPS) is 16.4. The molecule has 1 amide bonds. The second-order valence-corrected chi connectivity index (χ2v) is 7.00. The highest BCUT2D eigenvalue weighted by Gasteiger charge is 2.24. The molecule has 0 saturated carbocycles. The summed E-state index contributed by atoms with van der Waals surface area (Å²) >= 11 is 5.93. The van der Waals surface area contributed by atoms with Crippen molar-refractivity contribution in [2.24, 2.45) is 4.99 Å².